The number of aliphatic hydroxyl groups is 1. The minimum Gasteiger partial charge on any atom is -0.477 e. The first-order valence-electron chi connectivity index (χ1n) is 6.38. The predicted molar refractivity (Wildman–Crippen MR) is 67.8 cm³/mol. The fraction of sp³-hybridized carbons (Fsp3) is 0.615. The van der Waals surface area contributed by atoms with Crippen molar-refractivity contribution in [2.24, 2.45) is 0 Å². The molecule has 0 aliphatic carbocycles. The number of carboxylic acids is 1. The highest BCUT2D eigenvalue weighted by Gasteiger charge is 2.23. The van der Waals surface area contributed by atoms with Gasteiger partial charge in [-0.05, 0) is 31.9 Å². The SMILES string of the molecule is CC(O)CN1CCC(n2cccc2C(=O)O)CC1. The van der Waals surface area contributed by atoms with Crippen LogP contribution in [0.15, 0.2) is 18.3 Å². The van der Waals surface area contributed by atoms with E-state index in [0.29, 0.717) is 12.2 Å². The van der Waals surface area contributed by atoms with Crippen LogP contribution in [-0.4, -0.2) is 51.4 Å². The number of likely N-dealkylation sites (tertiary alicyclic amines) is 1. The summed E-state index contributed by atoms with van der Waals surface area (Å²) in [6.07, 6.45) is 3.41. The molecule has 1 aliphatic heterocycles. The highest BCUT2D eigenvalue weighted by Crippen LogP contribution is 2.24. The van der Waals surface area contributed by atoms with Crippen molar-refractivity contribution in [3.63, 3.8) is 0 Å². The van der Waals surface area contributed by atoms with Gasteiger partial charge in [-0.3, -0.25) is 0 Å². The number of rotatable bonds is 4. The molecule has 0 saturated carbocycles. The van der Waals surface area contributed by atoms with Crippen LogP contribution in [0.1, 0.15) is 36.3 Å². The molecule has 100 valence electrons. The van der Waals surface area contributed by atoms with Gasteiger partial charge in [-0.2, -0.15) is 0 Å². The highest BCUT2D eigenvalue weighted by molar-refractivity contribution is 5.85. The third-order valence-electron chi connectivity index (χ3n) is 3.47. The molecular weight excluding hydrogens is 232 g/mol. The van der Waals surface area contributed by atoms with E-state index in [1.165, 1.54) is 0 Å². The molecule has 2 rings (SSSR count). The Labute approximate surface area is 107 Å². The van der Waals surface area contributed by atoms with Crippen LogP contribution in [0.3, 0.4) is 0 Å². The second-order valence-electron chi connectivity index (χ2n) is 4.99. The molecule has 1 atom stereocenters. The largest absolute Gasteiger partial charge is 0.477 e. The Kier molecular flexibility index (Phi) is 4.04. The summed E-state index contributed by atoms with van der Waals surface area (Å²) < 4.78 is 1.86. The normalized spacial score (nSPS) is 19.9. The first-order chi connectivity index (χ1) is 8.58. The molecule has 5 nitrogen and oxygen atoms in total. The lowest BCUT2D eigenvalue weighted by Gasteiger charge is -2.33. The lowest BCUT2D eigenvalue weighted by Crippen LogP contribution is -2.38. The Balaban J connectivity index is 1.97. The van der Waals surface area contributed by atoms with Crippen molar-refractivity contribution in [1.29, 1.82) is 0 Å². The monoisotopic (exact) mass is 252 g/mol. The summed E-state index contributed by atoms with van der Waals surface area (Å²) in [5.74, 6) is -0.869. The molecule has 1 aromatic heterocycles. The fourth-order valence-electron chi connectivity index (χ4n) is 2.65. The number of aromatic nitrogens is 1. The fourth-order valence-corrected chi connectivity index (χ4v) is 2.65. The molecule has 0 radical (unpaired) electrons. The molecule has 1 aromatic rings. The van der Waals surface area contributed by atoms with E-state index in [1.807, 2.05) is 10.8 Å². The molecule has 1 fully saturated rings. The van der Waals surface area contributed by atoms with Crippen LogP contribution in [0.4, 0.5) is 0 Å². The van der Waals surface area contributed by atoms with Gasteiger partial charge in [-0.1, -0.05) is 0 Å². The minimum atomic E-state index is -0.869. The van der Waals surface area contributed by atoms with E-state index in [4.69, 9.17) is 5.11 Å². The zero-order valence-corrected chi connectivity index (χ0v) is 10.6. The summed E-state index contributed by atoms with van der Waals surface area (Å²) in [6, 6.07) is 3.69. The van der Waals surface area contributed by atoms with E-state index in [-0.39, 0.29) is 12.1 Å². The van der Waals surface area contributed by atoms with E-state index in [2.05, 4.69) is 4.90 Å². The number of nitrogens with zero attached hydrogens (tertiary/aromatic N) is 2. The Bertz CT molecular complexity index is 406. The molecule has 1 aliphatic rings. The van der Waals surface area contributed by atoms with Crippen molar-refractivity contribution in [3.8, 4) is 0 Å². The molecule has 5 heteroatoms. The second kappa shape index (κ2) is 5.54. The summed E-state index contributed by atoms with van der Waals surface area (Å²) in [4.78, 5) is 13.3. The van der Waals surface area contributed by atoms with E-state index >= 15 is 0 Å². The average molecular weight is 252 g/mol. The Morgan fingerprint density at radius 2 is 2.17 bits per heavy atom. The Morgan fingerprint density at radius 3 is 2.72 bits per heavy atom. The molecule has 2 N–H and O–H groups in total. The van der Waals surface area contributed by atoms with Crippen LogP contribution in [0.5, 0.6) is 0 Å². The maximum absolute atomic E-state index is 11.1. The summed E-state index contributed by atoms with van der Waals surface area (Å²) in [5, 5.41) is 18.4. The summed E-state index contributed by atoms with van der Waals surface area (Å²) in [6.45, 7) is 4.31. The third kappa shape index (κ3) is 2.91. The van der Waals surface area contributed by atoms with Gasteiger partial charge >= 0.3 is 5.97 Å². The summed E-state index contributed by atoms with van der Waals surface area (Å²) >= 11 is 0. The number of aliphatic hydroxyl groups excluding tert-OH is 1. The van der Waals surface area contributed by atoms with Gasteiger partial charge in [0.05, 0.1) is 6.10 Å². The van der Waals surface area contributed by atoms with Gasteiger partial charge < -0.3 is 19.7 Å². The highest BCUT2D eigenvalue weighted by atomic mass is 16.4. The zero-order chi connectivity index (χ0) is 13.1. The average Bonchev–Trinajstić information content (AvgIpc) is 2.78. The quantitative estimate of drug-likeness (QED) is 0.845. The van der Waals surface area contributed by atoms with E-state index < -0.39 is 5.97 Å². The van der Waals surface area contributed by atoms with Crippen molar-refractivity contribution in [2.45, 2.75) is 31.9 Å². The number of carbonyl (C=O) groups is 1. The smallest absolute Gasteiger partial charge is 0.352 e. The van der Waals surface area contributed by atoms with Crippen LogP contribution in [0.25, 0.3) is 0 Å². The Hall–Kier alpha value is -1.33. The van der Waals surface area contributed by atoms with Gasteiger partial charge in [0.15, 0.2) is 0 Å². The van der Waals surface area contributed by atoms with Crippen LogP contribution >= 0.6 is 0 Å². The first-order valence-corrected chi connectivity index (χ1v) is 6.38. The number of carboxylic acid groups (broad SMARTS) is 1. The van der Waals surface area contributed by atoms with Crippen molar-refractivity contribution in [1.82, 2.24) is 9.47 Å². The zero-order valence-electron chi connectivity index (χ0n) is 10.6. The van der Waals surface area contributed by atoms with Gasteiger partial charge in [0, 0.05) is 31.9 Å². The summed E-state index contributed by atoms with van der Waals surface area (Å²) in [7, 11) is 0. The molecule has 1 unspecified atom stereocenters. The van der Waals surface area contributed by atoms with Crippen molar-refractivity contribution >= 4 is 5.97 Å². The predicted octanol–water partition coefficient (Wildman–Crippen LogP) is 1.20. The van der Waals surface area contributed by atoms with Crippen molar-refractivity contribution in [3.05, 3.63) is 24.0 Å². The van der Waals surface area contributed by atoms with Gasteiger partial charge in [-0.15, -0.1) is 0 Å². The molecule has 0 bridgehead atoms. The van der Waals surface area contributed by atoms with Crippen LogP contribution in [0.2, 0.25) is 0 Å². The van der Waals surface area contributed by atoms with Crippen molar-refractivity contribution < 1.29 is 15.0 Å². The standard InChI is InChI=1S/C13H20N2O3/c1-10(16)9-14-7-4-11(5-8-14)15-6-2-3-12(15)13(17)18/h2-3,6,10-11,16H,4-5,7-9H2,1H3,(H,17,18). The molecular formula is C13H20N2O3. The minimum absolute atomic E-state index is 0.261. The van der Waals surface area contributed by atoms with E-state index in [9.17, 15) is 9.90 Å². The Morgan fingerprint density at radius 1 is 1.50 bits per heavy atom. The first kappa shape index (κ1) is 13.1. The number of piperidine rings is 1. The molecule has 2 heterocycles. The lowest BCUT2D eigenvalue weighted by atomic mass is 10.0. The topological polar surface area (TPSA) is 65.7 Å². The molecule has 0 amide bonds. The molecule has 1 saturated heterocycles. The van der Waals surface area contributed by atoms with Crippen LogP contribution in [0, 0.1) is 0 Å². The molecule has 0 spiro atoms. The number of hydrogen-bond donors (Lipinski definition) is 2. The van der Waals surface area contributed by atoms with Gasteiger partial charge in [0.1, 0.15) is 5.69 Å². The third-order valence-corrected chi connectivity index (χ3v) is 3.47. The van der Waals surface area contributed by atoms with Crippen LogP contribution in [-0.2, 0) is 0 Å². The number of β-amino-alcohol motifs (C(OH)–C–C–N with tert-alkyl or cyclic N) is 1. The van der Waals surface area contributed by atoms with Gasteiger partial charge in [0.25, 0.3) is 0 Å². The van der Waals surface area contributed by atoms with Gasteiger partial charge in [0.2, 0.25) is 0 Å². The van der Waals surface area contributed by atoms with Crippen LogP contribution < -0.4 is 0 Å². The number of hydrogen-bond acceptors (Lipinski definition) is 3. The molecule has 18 heavy (non-hydrogen) atoms. The molecule has 0 aromatic carbocycles. The maximum Gasteiger partial charge on any atom is 0.352 e. The van der Waals surface area contributed by atoms with E-state index in [0.717, 1.165) is 25.9 Å². The van der Waals surface area contributed by atoms with Gasteiger partial charge in [-0.25, -0.2) is 4.79 Å². The van der Waals surface area contributed by atoms with E-state index in [1.54, 1.807) is 19.1 Å². The maximum atomic E-state index is 11.1. The number of aromatic carboxylic acids is 1. The second-order valence-corrected chi connectivity index (χ2v) is 4.99. The van der Waals surface area contributed by atoms with Crippen molar-refractivity contribution in [2.75, 3.05) is 19.6 Å². The lowest BCUT2D eigenvalue weighted by molar-refractivity contribution is 0.0674. The summed E-state index contributed by atoms with van der Waals surface area (Å²) in [5.41, 5.74) is 0.365.